The molecule has 0 bridgehead atoms. The van der Waals surface area contributed by atoms with E-state index in [1.807, 2.05) is 60.7 Å². The van der Waals surface area contributed by atoms with Gasteiger partial charge >= 0.3 is 0 Å². The van der Waals surface area contributed by atoms with E-state index in [1.165, 1.54) is 5.56 Å². The van der Waals surface area contributed by atoms with Crippen molar-refractivity contribution in [1.29, 1.82) is 0 Å². The van der Waals surface area contributed by atoms with Crippen molar-refractivity contribution in [2.45, 2.75) is 25.7 Å². The Balaban J connectivity index is 1.37. The number of rotatable bonds is 7. The summed E-state index contributed by atoms with van der Waals surface area (Å²) in [5.74, 6) is -0.0946. The van der Waals surface area contributed by atoms with E-state index in [-0.39, 0.29) is 17.4 Å². The summed E-state index contributed by atoms with van der Waals surface area (Å²) in [7, 11) is 0. The highest BCUT2D eigenvalue weighted by Gasteiger charge is 2.29. The third kappa shape index (κ3) is 5.31. The fraction of sp³-hybridized carbons (Fsp3) is 0.267. The molecule has 36 heavy (non-hydrogen) atoms. The summed E-state index contributed by atoms with van der Waals surface area (Å²) in [4.78, 5) is 31.6. The average molecular weight is 500 g/mol. The van der Waals surface area contributed by atoms with Gasteiger partial charge in [-0.3, -0.25) is 9.59 Å². The first-order valence-corrected chi connectivity index (χ1v) is 13.0. The Hall–Kier alpha value is -3.57. The summed E-state index contributed by atoms with van der Waals surface area (Å²) >= 11 is 6.36. The molecule has 5 rings (SSSR count). The highest BCUT2D eigenvalue weighted by Crippen LogP contribution is 2.37. The normalized spacial score (nSPS) is 15.7. The van der Waals surface area contributed by atoms with E-state index in [2.05, 4.69) is 27.3 Å². The number of anilines is 1. The Morgan fingerprint density at radius 2 is 1.78 bits per heavy atom. The molecule has 6 heteroatoms. The van der Waals surface area contributed by atoms with Gasteiger partial charge in [0.1, 0.15) is 5.69 Å². The molecule has 1 unspecified atom stereocenters. The van der Waals surface area contributed by atoms with Crippen LogP contribution in [0.5, 0.6) is 0 Å². The number of hydrogen-bond acceptors (Lipinski definition) is 3. The van der Waals surface area contributed by atoms with Gasteiger partial charge in [0.15, 0.2) is 0 Å². The number of nitrogens with zero attached hydrogens (tertiary/aromatic N) is 1. The van der Waals surface area contributed by atoms with Crippen molar-refractivity contribution in [3.63, 3.8) is 0 Å². The van der Waals surface area contributed by atoms with E-state index >= 15 is 0 Å². The molecule has 2 N–H and O–H groups in total. The number of fused-ring (bicyclic) bond motifs is 1. The highest BCUT2D eigenvalue weighted by atomic mass is 35.5. The molecule has 0 saturated carbocycles. The van der Waals surface area contributed by atoms with E-state index in [0.717, 1.165) is 54.3 Å². The van der Waals surface area contributed by atoms with Crippen LogP contribution in [0.4, 0.5) is 5.69 Å². The molecule has 1 amide bonds. The van der Waals surface area contributed by atoms with Gasteiger partial charge in [0.25, 0.3) is 5.56 Å². The van der Waals surface area contributed by atoms with E-state index in [1.54, 1.807) is 6.07 Å². The molecule has 1 saturated heterocycles. The number of pyridine rings is 1. The molecular weight excluding hydrogens is 470 g/mol. The lowest BCUT2D eigenvalue weighted by Crippen LogP contribution is -2.45. The van der Waals surface area contributed by atoms with Gasteiger partial charge in [-0.15, -0.1) is 0 Å². The quantitative estimate of drug-likeness (QED) is 0.315. The molecule has 5 nitrogen and oxygen atoms in total. The number of aromatic nitrogens is 1. The smallest absolute Gasteiger partial charge is 0.272 e. The van der Waals surface area contributed by atoms with Gasteiger partial charge in [-0.25, -0.2) is 0 Å². The van der Waals surface area contributed by atoms with E-state index in [0.29, 0.717) is 23.8 Å². The van der Waals surface area contributed by atoms with E-state index < -0.39 is 0 Å². The number of H-pyrrole nitrogens is 1. The Kier molecular flexibility index (Phi) is 7.38. The molecule has 4 aromatic rings. The third-order valence-corrected chi connectivity index (χ3v) is 7.14. The zero-order valence-electron chi connectivity index (χ0n) is 20.2. The minimum absolute atomic E-state index is 0.0642. The molecule has 1 aromatic heterocycles. The number of halogens is 1. The van der Waals surface area contributed by atoms with Crippen LogP contribution in [0.25, 0.3) is 22.0 Å². The van der Waals surface area contributed by atoms with Crippen molar-refractivity contribution in [2.75, 3.05) is 24.5 Å². The Bertz CT molecular complexity index is 1400. The minimum atomic E-state index is -0.159. The monoisotopic (exact) mass is 499 g/mol. The van der Waals surface area contributed by atoms with Gasteiger partial charge in [-0.2, -0.15) is 0 Å². The van der Waals surface area contributed by atoms with Gasteiger partial charge in [-0.1, -0.05) is 72.3 Å². The summed E-state index contributed by atoms with van der Waals surface area (Å²) in [5.41, 5.74) is 4.31. The number of carbonyl (C=O) groups excluding carboxylic acids is 1. The predicted octanol–water partition coefficient (Wildman–Crippen LogP) is 5.81. The molecule has 184 valence electrons. The van der Waals surface area contributed by atoms with Crippen LogP contribution < -0.4 is 15.8 Å². The summed E-state index contributed by atoms with van der Waals surface area (Å²) in [6.45, 7) is 1.89. The highest BCUT2D eigenvalue weighted by molar-refractivity contribution is 6.31. The van der Waals surface area contributed by atoms with Gasteiger partial charge < -0.3 is 15.2 Å². The lowest BCUT2D eigenvalue weighted by Gasteiger charge is -2.34. The first-order chi connectivity index (χ1) is 17.6. The number of hydrogen-bond donors (Lipinski definition) is 2. The number of piperidine rings is 1. The third-order valence-electron chi connectivity index (χ3n) is 6.91. The molecule has 1 fully saturated rings. The second-order valence-corrected chi connectivity index (χ2v) is 9.84. The fourth-order valence-electron chi connectivity index (χ4n) is 5.14. The zero-order valence-corrected chi connectivity index (χ0v) is 20.9. The van der Waals surface area contributed by atoms with E-state index in [4.69, 9.17) is 11.6 Å². The van der Waals surface area contributed by atoms with Crippen LogP contribution in [0.3, 0.4) is 0 Å². The first-order valence-electron chi connectivity index (χ1n) is 12.6. The SMILES string of the molecule is O=C(NCCCc1ccccc1)C1CCCN(c2c(-c3ccccc3)c3cc(Cl)ccc3[nH]c2=O)C1. The van der Waals surface area contributed by atoms with Gasteiger partial charge in [0, 0.05) is 41.1 Å². The Morgan fingerprint density at radius 3 is 2.56 bits per heavy atom. The molecule has 1 aliphatic heterocycles. The number of aromatic amines is 1. The number of aryl methyl sites for hydroxylation is 1. The van der Waals surface area contributed by atoms with Gasteiger partial charge in [-0.05, 0) is 55.0 Å². The van der Waals surface area contributed by atoms with Crippen LogP contribution in [0.15, 0.2) is 83.7 Å². The van der Waals surface area contributed by atoms with Crippen LogP contribution >= 0.6 is 11.6 Å². The van der Waals surface area contributed by atoms with Gasteiger partial charge in [0.2, 0.25) is 5.91 Å². The molecule has 3 aromatic carbocycles. The maximum atomic E-state index is 13.4. The van der Waals surface area contributed by atoms with Crippen LogP contribution in [0.1, 0.15) is 24.8 Å². The van der Waals surface area contributed by atoms with Gasteiger partial charge in [0.05, 0.1) is 5.92 Å². The number of nitrogens with one attached hydrogen (secondary N) is 2. The molecule has 0 spiro atoms. The van der Waals surface area contributed by atoms with Crippen LogP contribution in [0.2, 0.25) is 5.02 Å². The maximum Gasteiger partial charge on any atom is 0.272 e. The maximum absolute atomic E-state index is 13.4. The van der Waals surface area contributed by atoms with Crippen LogP contribution in [0, 0.1) is 5.92 Å². The number of benzene rings is 3. The van der Waals surface area contributed by atoms with Crippen LogP contribution in [-0.4, -0.2) is 30.5 Å². The predicted molar refractivity (Wildman–Crippen MR) is 148 cm³/mol. The molecule has 2 heterocycles. The fourth-order valence-corrected chi connectivity index (χ4v) is 5.31. The van der Waals surface area contributed by atoms with Crippen molar-refractivity contribution in [3.8, 4) is 11.1 Å². The lowest BCUT2D eigenvalue weighted by molar-refractivity contribution is -0.125. The Morgan fingerprint density at radius 1 is 1.03 bits per heavy atom. The Labute approximate surface area is 216 Å². The van der Waals surface area contributed by atoms with Crippen molar-refractivity contribution < 1.29 is 4.79 Å². The van der Waals surface area contributed by atoms with Crippen molar-refractivity contribution in [3.05, 3.63) is 99.8 Å². The molecule has 0 aliphatic carbocycles. The van der Waals surface area contributed by atoms with Crippen molar-refractivity contribution in [2.24, 2.45) is 5.92 Å². The van der Waals surface area contributed by atoms with E-state index in [9.17, 15) is 9.59 Å². The van der Waals surface area contributed by atoms with Crippen molar-refractivity contribution in [1.82, 2.24) is 10.3 Å². The largest absolute Gasteiger partial charge is 0.366 e. The molecule has 1 aliphatic rings. The zero-order chi connectivity index (χ0) is 24.9. The van der Waals surface area contributed by atoms with Crippen molar-refractivity contribution >= 4 is 34.1 Å². The average Bonchev–Trinajstić information content (AvgIpc) is 2.91. The lowest BCUT2D eigenvalue weighted by atomic mass is 9.94. The summed E-state index contributed by atoms with van der Waals surface area (Å²) < 4.78 is 0. The number of carbonyl (C=O) groups is 1. The molecule has 1 atom stereocenters. The van der Waals surface area contributed by atoms with Crippen LogP contribution in [-0.2, 0) is 11.2 Å². The first kappa shape index (κ1) is 24.1. The standard InChI is InChI=1S/C30H30ClN3O2/c31-24-15-16-26-25(19-24)27(22-12-5-2-6-13-22)28(30(36)33-26)34-18-8-14-23(20-34)29(35)32-17-7-11-21-9-3-1-4-10-21/h1-6,9-10,12-13,15-16,19,23H,7-8,11,14,17-18,20H2,(H,32,35)(H,33,36). The second kappa shape index (κ2) is 11.0. The molecule has 0 radical (unpaired) electrons. The summed E-state index contributed by atoms with van der Waals surface area (Å²) in [6.07, 6.45) is 3.51. The number of amides is 1. The molecular formula is C30H30ClN3O2. The summed E-state index contributed by atoms with van der Waals surface area (Å²) in [5, 5.41) is 4.64. The summed E-state index contributed by atoms with van der Waals surface area (Å²) in [6, 6.07) is 25.8. The topological polar surface area (TPSA) is 65.2 Å². The second-order valence-electron chi connectivity index (χ2n) is 9.40. The minimum Gasteiger partial charge on any atom is -0.366 e.